The summed E-state index contributed by atoms with van der Waals surface area (Å²) in [5.74, 6) is -2.50. The molecule has 2 N–H and O–H groups in total. The first-order valence-electron chi connectivity index (χ1n) is 12.4. The Kier molecular flexibility index (Phi) is 7.49. The topological polar surface area (TPSA) is 95.4 Å². The van der Waals surface area contributed by atoms with E-state index in [-0.39, 0.29) is 39.5 Å². The molecule has 7 nitrogen and oxygen atoms in total. The smallest absolute Gasteiger partial charge is 0.370 e. The van der Waals surface area contributed by atoms with Gasteiger partial charge in [-0.2, -0.15) is 13.2 Å². The van der Waals surface area contributed by atoms with E-state index in [4.69, 9.17) is 23.2 Å². The normalized spacial score (nSPS) is 22.8. The summed E-state index contributed by atoms with van der Waals surface area (Å²) in [6, 6.07) is 7.50. The lowest BCUT2D eigenvalue weighted by Crippen LogP contribution is -2.45. The van der Waals surface area contributed by atoms with Gasteiger partial charge in [0.2, 0.25) is 5.60 Å². The molecule has 3 heterocycles. The third-order valence-electron chi connectivity index (χ3n) is 7.29. The van der Waals surface area contributed by atoms with Gasteiger partial charge < -0.3 is 15.3 Å². The first-order valence-corrected chi connectivity index (χ1v) is 13.1. The van der Waals surface area contributed by atoms with E-state index in [1.165, 1.54) is 29.3 Å². The van der Waals surface area contributed by atoms with E-state index in [2.05, 4.69) is 15.3 Å². The Hall–Kier alpha value is -3.28. The Labute approximate surface area is 236 Å². The van der Waals surface area contributed by atoms with E-state index in [0.717, 1.165) is 18.3 Å². The average Bonchev–Trinajstić information content (AvgIpc) is 3.12. The molecule has 3 aromatic rings. The number of aliphatic hydroxyl groups is 1. The standard InChI is InChI=1S/C27H22Cl2F4N4O3/c28-15-6-9-21(34-11-15)26(40)22-19(30)2-1-3-20(22)37(25(26)39)13-14-4-7-17(8-5-14)36-24(38)18-10-16(29)12-35-23(18)27(31,32)33/h1-3,6,9-12,14,17,40H,4-5,7-8,13H2,(H,36,38)/t14-,17-,26?. The molecule has 0 saturated heterocycles. The van der Waals surface area contributed by atoms with Crippen LogP contribution in [0.5, 0.6) is 0 Å². The van der Waals surface area contributed by atoms with Crippen molar-refractivity contribution in [1.29, 1.82) is 0 Å². The lowest BCUT2D eigenvalue weighted by Gasteiger charge is -2.32. The number of hydrogen-bond donors (Lipinski definition) is 2. The average molecular weight is 597 g/mol. The SMILES string of the molecule is O=C(N[C@H]1CC[C@H](CN2C(=O)C(O)(c3ccc(Cl)cn3)c3c(F)cccc32)CC1)c1cc(Cl)cnc1C(F)(F)F. The van der Waals surface area contributed by atoms with Crippen LogP contribution in [0.1, 0.15) is 53.0 Å². The summed E-state index contributed by atoms with van der Waals surface area (Å²) in [7, 11) is 0. The number of anilines is 1. The maximum absolute atomic E-state index is 15.0. The van der Waals surface area contributed by atoms with Crippen molar-refractivity contribution in [2.75, 3.05) is 11.4 Å². The molecular formula is C27H22Cl2F4N4O3. The number of aromatic nitrogens is 2. The summed E-state index contributed by atoms with van der Waals surface area (Å²) in [6.45, 7) is 0.169. The Balaban J connectivity index is 1.29. The lowest BCUT2D eigenvalue weighted by molar-refractivity contribution is -0.141. The molecule has 1 atom stereocenters. The second-order valence-electron chi connectivity index (χ2n) is 9.86. The Morgan fingerprint density at radius 1 is 1.07 bits per heavy atom. The number of nitrogens with one attached hydrogen (secondary N) is 1. The molecule has 5 rings (SSSR count). The third kappa shape index (κ3) is 5.13. The van der Waals surface area contributed by atoms with E-state index in [0.29, 0.717) is 25.7 Å². The molecule has 2 amide bonds. The molecule has 1 aliphatic carbocycles. The minimum Gasteiger partial charge on any atom is -0.370 e. The minimum atomic E-state index is -4.82. The zero-order chi connectivity index (χ0) is 28.8. The number of halogens is 6. The number of fused-ring (bicyclic) bond motifs is 1. The van der Waals surface area contributed by atoms with Crippen LogP contribution in [0, 0.1) is 11.7 Å². The first-order chi connectivity index (χ1) is 18.9. The second-order valence-corrected chi connectivity index (χ2v) is 10.7. The number of carbonyl (C=O) groups is 2. The van der Waals surface area contributed by atoms with Gasteiger partial charge >= 0.3 is 6.18 Å². The molecule has 1 unspecified atom stereocenters. The van der Waals surface area contributed by atoms with Crippen LogP contribution in [0.25, 0.3) is 0 Å². The number of amides is 2. The van der Waals surface area contributed by atoms with Gasteiger partial charge in [-0.15, -0.1) is 0 Å². The van der Waals surface area contributed by atoms with Gasteiger partial charge in [0.05, 0.1) is 32.6 Å². The highest BCUT2D eigenvalue weighted by molar-refractivity contribution is 6.31. The van der Waals surface area contributed by atoms with Crippen molar-refractivity contribution in [1.82, 2.24) is 15.3 Å². The number of carbonyl (C=O) groups excluding carboxylic acids is 2. The van der Waals surface area contributed by atoms with Crippen molar-refractivity contribution in [2.45, 2.75) is 43.5 Å². The summed E-state index contributed by atoms with van der Waals surface area (Å²) >= 11 is 11.7. The highest BCUT2D eigenvalue weighted by Gasteiger charge is 2.54. The summed E-state index contributed by atoms with van der Waals surface area (Å²) in [4.78, 5) is 35.0. The monoisotopic (exact) mass is 596 g/mol. The predicted octanol–water partition coefficient (Wildman–Crippen LogP) is 5.51. The summed E-state index contributed by atoms with van der Waals surface area (Å²) in [5.41, 5.74) is -4.32. The molecule has 1 saturated carbocycles. The van der Waals surface area contributed by atoms with Gasteiger partial charge in [0.1, 0.15) is 5.82 Å². The van der Waals surface area contributed by atoms with E-state index < -0.39 is 46.7 Å². The van der Waals surface area contributed by atoms with Crippen molar-refractivity contribution in [3.63, 3.8) is 0 Å². The summed E-state index contributed by atoms with van der Waals surface area (Å²) in [5, 5.41) is 14.3. The van der Waals surface area contributed by atoms with E-state index in [1.54, 1.807) is 6.07 Å². The van der Waals surface area contributed by atoms with Gasteiger partial charge in [-0.1, -0.05) is 29.3 Å². The third-order valence-corrected chi connectivity index (χ3v) is 7.72. The summed E-state index contributed by atoms with van der Waals surface area (Å²) < 4.78 is 55.0. The summed E-state index contributed by atoms with van der Waals surface area (Å²) in [6.07, 6.45) is -0.804. The van der Waals surface area contributed by atoms with E-state index in [9.17, 15) is 32.3 Å². The zero-order valence-electron chi connectivity index (χ0n) is 20.7. The Morgan fingerprint density at radius 3 is 2.42 bits per heavy atom. The van der Waals surface area contributed by atoms with Crippen molar-refractivity contribution < 1.29 is 32.3 Å². The highest BCUT2D eigenvalue weighted by atomic mass is 35.5. The number of benzene rings is 1. The molecule has 210 valence electrons. The maximum atomic E-state index is 15.0. The molecule has 2 aromatic heterocycles. The Morgan fingerprint density at radius 2 is 1.77 bits per heavy atom. The van der Waals surface area contributed by atoms with Crippen LogP contribution in [0.3, 0.4) is 0 Å². The van der Waals surface area contributed by atoms with Gasteiger partial charge in [0.25, 0.3) is 11.8 Å². The number of pyridine rings is 2. The molecular weight excluding hydrogens is 575 g/mol. The first kappa shape index (κ1) is 28.3. The molecule has 2 aliphatic rings. The number of alkyl halides is 3. The van der Waals surface area contributed by atoms with Crippen LogP contribution in [-0.4, -0.2) is 39.5 Å². The van der Waals surface area contributed by atoms with Crippen LogP contribution in [0.2, 0.25) is 10.0 Å². The zero-order valence-corrected chi connectivity index (χ0v) is 22.2. The number of nitrogens with zero attached hydrogens (tertiary/aromatic N) is 3. The molecule has 1 aromatic carbocycles. The molecule has 0 bridgehead atoms. The van der Waals surface area contributed by atoms with E-state index in [1.807, 2.05) is 0 Å². The molecule has 13 heteroatoms. The molecule has 0 spiro atoms. The quantitative estimate of drug-likeness (QED) is 0.379. The van der Waals surface area contributed by atoms with Gasteiger partial charge in [-0.25, -0.2) is 9.37 Å². The van der Waals surface area contributed by atoms with Crippen molar-refractivity contribution in [2.24, 2.45) is 5.92 Å². The number of hydrogen-bond acceptors (Lipinski definition) is 5. The van der Waals surface area contributed by atoms with Crippen LogP contribution >= 0.6 is 23.2 Å². The minimum absolute atomic E-state index is 0.0594. The molecule has 1 fully saturated rings. The van der Waals surface area contributed by atoms with Crippen LogP contribution in [0.4, 0.5) is 23.2 Å². The molecule has 0 radical (unpaired) electrons. The number of rotatable bonds is 5. The lowest BCUT2D eigenvalue weighted by atomic mass is 9.85. The van der Waals surface area contributed by atoms with Gasteiger partial charge in [-0.3, -0.25) is 14.6 Å². The second kappa shape index (κ2) is 10.6. The van der Waals surface area contributed by atoms with E-state index >= 15 is 0 Å². The van der Waals surface area contributed by atoms with Crippen molar-refractivity contribution in [3.05, 3.63) is 87.2 Å². The highest BCUT2D eigenvalue weighted by Crippen LogP contribution is 2.46. The van der Waals surface area contributed by atoms with Crippen LogP contribution in [0.15, 0.2) is 48.8 Å². The molecule has 40 heavy (non-hydrogen) atoms. The van der Waals surface area contributed by atoms with Crippen LogP contribution < -0.4 is 10.2 Å². The van der Waals surface area contributed by atoms with Crippen molar-refractivity contribution >= 4 is 40.7 Å². The van der Waals surface area contributed by atoms with Gasteiger partial charge in [-0.05, 0) is 61.9 Å². The van der Waals surface area contributed by atoms with Gasteiger partial charge in [0.15, 0.2) is 5.69 Å². The Bertz CT molecular complexity index is 1460. The fourth-order valence-electron chi connectivity index (χ4n) is 5.37. The van der Waals surface area contributed by atoms with Crippen LogP contribution in [-0.2, 0) is 16.6 Å². The largest absolute Gasteiger partial charge is 0.434 e. The molecule has 1 aliphatic heterocycles. The van der Waals surface area contributed by atoms with Gasteiger partial charge in [0, 0.05) is 25.0 Å². The predicted molar refractivity (Wildman–Crippen MR) is 138 cm³/mol. The fourth-order valence-corrected chi connectivity index (χ4v) is 5.63. The maximum Gasteiger partial charge on any atom is 0.434 e. The van der Waals surface area contributed by atoms with Crippen molar-refractivity contribution in [3.8, 4) is 0 Å². The fraction of sp³-hybridized carbons (Fsp3) is 0.333.